The van der Waals surface area contributed by atoms with Crippen molar-refractivity contribution < 1.29 is 9.26 Å². The van der Waals surface area contributed by atoms with Crippen molar-refractivity contribution in [1.29, 1.82) is 0 Å². The Bertz CT molecular complexity index is 340. The highest BCUT2D eigenvalue weighted by Crippen LogP contribution is 2.24. The number of likely N-dealkylation sites (N-methyl/N-ethyl adjacent to an activating group) is 1. The molecule has 5 nitrogen and oxygen atoms in total. The third-order valence-corrected chi connectivity index (χ3v) is 3.28. The molecule has 0 amide bonds. The molecular weight excluding hydrogens is 218 g/mol. The fourth-order valence-electron chi connectivity index (χ4n) is 2.18. The second-order valence-electron chi connectivity index (χ2n) is 4.52. The lowest BCUT2D eigenvalue weighted by molar-refractivity contribution is 0.0516. The van der Waals surface area contributed by atoms with Gasteiger partial charge >= 0.3 is 0 Å². The van der Waals surface area contributed by atoms with Gasteiger partial charge in [-0.25, -0.2) is 0 Å². The van der Waals surface area contributed by atoms with Gasteiger partial charge in [-0.2, -0.15) is 4.98 Å². The van der Waals surface area contributed by atoms with E-state index in [0.29, 0.717) is 12.6 Å². The number of nitrogens with one attached hydrogen (secondary N) is 1. The number of unbranched alkanes of at least 4 members (excludes halogenated alkanes) is 1. The average molecular weight is 239 g/mol. The second-order valence-corrected chi connectivity index (χ2v) is 4.52. The van der Waals surface area contributed by atoms with Gasteiger partial charge in [0.05, 0.1) is 12.5 Å². The van der Waals surface area contributed by atoms with E-state index in [1.807, 2.05) is 7.05 Å². The highest BCUT2D eigenvalue weighted by molar-refractivity contribution is 5.01. The first-order chi connectivity index (χ1) is 8.35. The number of aromatic nitrogens is 2. The first kappa shape index (κ1) is 12.5. The third-order valence-electron chi connectivity index (χ3n) is 3.28. The molecule has 2 atom stereocenters. The molecule has 1 fully saturated rings. The molecule has 0 saturated carbocycles. The lowest BCUT2D eigenvalue weighted by Crippen LogP contribution is -2.39. The summed E-state index contributed by atoms with van der Waals surface area (Å²) in [5.41, 5.74) is 0. The Morgan fingerprint density at radius 3 is 3.12 bits per heavy atom. The number of nitrogens with zero attached hydrogens (tertiary/aromatic N) is 2. The largest absolute Gasteiger partial charge is 0.381 e. The summed E-state index contributed by atoms with van der Waals surface area (Å²) >= 11 is 0. The quantitative estimate of drug-likeness (QED) is 0.844. The molecule has 17 heavy (non-hydrogen) atoms. The van der Waals surface area contributed by atoms with Gasteiger partial charge in [0.25, 0.3) is 0 Å². The van der Waals surface area contributed by atoms with Crippen LogP contribution in [0.15, 0.2) is 4.52 Å². The maximum atomic E-state index is 5.49. The topological polar surface area (TPSA) is 60.2 Å². The summed E-state index contributed by atoms with van der Waals surface area (Å²) in [4.78, 5) is 4.47. The molecule has 5 heteroatoms. The number of hydrogen-bond acceptors (Lipinski definition) is 5. The van der Waals surface area contributed by atoms with E-state index >= 15 is 0 Å². The van der Waals surface area contributed by atoms with Crippen molar-refractivity contribution in [2.45, 2.75) is 44.6 Å². The minimum Gasteiger partial charge on any atom is -0.381 e. The summed E-state index contributed by atoms with van der Waals surface area (Å²) in [5.74, 6) is 1.73. The van der Waals surface area contributed by atoms with Crippen molar-refractivity contribution in [3.05, 3.63) is 11.7 Å². The lowest BCUT2D eigenvalue weighted by Gasteiger charge is -2.28. The Morgan fingerprint density at radius 1 is 1.47 bits per heavy atom. The monoisotopic (exact) mass is 239 g/mol. The van der Waals surface area contributed by atoms with Crippen molar-refractivity contribution in [2.75, 3.05) is 20.3 Å². The summed E-state index contributed by atoms with van der Waals surface area (Å²) in [6, 6.07) is 0.378. The number of rotatable bonds is 5. The highest BCUT2D eigenvalue weighted by atomic mass is 16.5. The Kier molecular flexibility index (Phi) is 4.50. The van der Waals surface area contributed by atoms with E-state index in [0.717, 1.165) is 44.0 Å². The smallest absolute Gasteiger partial charge is 0.233 e. The van der Waals surface area contributed by atoms with E-state index in [1.54, 1.807) is 0 Å². The Labute approximate surface area is 102 Å². The van der Waals surface area contributed by atoms with E-state index in [2.05, 4.69) is 22.4 Å². The van der Waals surface area contributed by atoms with Crippen molar-refractivity contribution in [2.24, 2.45) is 0 Å². The van der Waals surface area contributed by atoms with Crippen LogP contribution < -0.4 is 5.32 Å². The van der Waals surface area contributed by atoms with E-state index in [9.17, 15) is 0 Å². The number of ether oxygens (including phenoxy) is 1. The first-order valence-electron chi connectivity index (χ1n) is 6.42. The average Bonchev–Trinajstić information content (AvgIpc) is 2.85. The molecule has 2 unspecified atom stereocenters. The third kappa shape index (κ3) is 3.04. The normalized spacial score (nSPS) is 25.1. The molecule has 0 radical (unpaired) electrons. The van der Waals surface area contributed by atoms with Crippen LogP contribution >= 0.6 is 0 Å². The van der Waals surface area contributed by atoms with Gasteiger partial charge < -0.3 is 14.6 Å². The minimum atomic E-state index is 0.191. The summed E-state index contributed by atoms with van der Waals surface area (Å²) in [7, 11) is 1.97. The van der Waals surface area contributed by atoms with Crippen LogP contribution in [-0.4, -0.2) is 36.4 Å². The zero-order valence-corrected chi connectivity index (χ0v) is 10.6. The van der Waals surface area contributed by atoms with E-state index in [4.69, 9.17) is 9.26 Å². The SMILES string of the molecule is CCCCc1noc(C2COCCC2NC)n1. The molecule has 2 rings (SSSR count). The van der Waals surface area contributed by atoms with E-state index in [-0.39, 0.29) is 5.92 Å². The fourth-order valence-corrected chi connectivity index (χ4v) is 2.18. The van der Waals surface area contributed by atoms with Gasteiger partial charge in [-0.05, 0) is 19.9 Å². The molecule has 1 aromatic rings. The number of hydrogen-bond donors (Lipinski definition) is 1. The molecule has 1 saturated heterocycles. The van der Waals surface area contributed by atoms with Gasteiger partial charge in [0.15, 0.2) is 5.82 Å². The molecule has 1 N–H and O–H groups in total. The van der Waals surface area contributed by atoms with Crippen LogP contribution in [0, 0.1) is 0 Å². The maximum absolute atomic E-state index is 5.49. The molecule has 0 bridgehead atoms. The zero-order chi connectivity index (χ0) is 12.1. The molecule has 0 aliphatic carbocycles. The predicted octanol–water partition coefficient (Wildman–Crippen LogP) is 1.50. The standard InChI is InChI=1S/C12H21N3O2/c1-3-4-5-11-14-12(17-15-11)9-8-16-7-6-10(9)13-2/h9-10,13H,3-8H2,1-2H3. The van der Waals surface area contributed by atoms with Crippen molar-refractivity contribution in [1.82, 2.24) is 15.5 Å². The highest BCUT2D eigenvalue weighted by Gasteiger charge is 2.30. The molecular formula is C12H21N3O2. The summed E-state index contributed by atoms with van der Waals surface area (Å²) < 4.78 is 10.8. The van der Waals surface area contributed by atoms with E-state index in [1.165, 1.54) is 0 Å². The van der Waals surface area contributed by atoms with Gasteiger partial charge in [-0.15, -0.1) is 0 Å². The van der Waals surface area contributed by atoms with Gasteiger partial charge in [0, 0.05) is 19.1 Å². The Hall–Kier alpha value is -0.940. The van der Waals surface area contributed by atoms with Crippen LogP contribution in [0.1, 0.15) is 43.8 Å². The van der Waals surface area contributed by atoms with E-state index < -0.39 is 0 Å². The second kappa shape index (κ2) is 6.12. The van der Waals surface area contributed by atoms with Gasteiger partial charge in [-0.3, -0.25) is 0 Å². The predicted molar refractivity (Wildman–Crippen MR) is 63.9 cm³/mol. The Balaban J connectivity index is 2.02. The summed E-state index contributed by atoms with van der Waals surface area (Å²) in [5, 5.41) is 7.33. The molecule has 96 valence electrons. The zero-order valence-electron chi connectivity index (χ0n) is 10.6. The van der Waals surface area contributed by atoms with Crippen LogP contribution in [0.25, 0.3) is 0 Å². The molecule has 1 aliphatic heterocycles. The van der Waals surface area contributed by atoms with Gasteiger partial charge in [0.2, 0.25) is 5.89 Å². The molecule has 2 heterocycles. The lowest BCUT2D eigenvalue weighted by atomic mass is 9.96. The molecule has 1 aliphatic rings. The molecule has 0 aromatic carbocycles. The fraction of sp³-hybridized carbons (Fsp3) is 0.833. The van der Waals surface area contributed by atoms with Crippen LogP contribution in [0.5, 0.6) is 0 Å². The van der Waals surface area contributed by atoms with Crippen LogP contribution in [0.2, 0.25) is 0 Å². The number of aryl methyl sites for hydroxylation is 1. The molecule has 1 aromatic heterocycles. The van der Waals surface area contributed by atoms with Crippen molar-refractivity contribution >= 4 is 0 Å². The van der Waals surface area contributed by atoms with Crippen molar-refractivity contribution in [3.8, 4) is 0 Å². The minimum absolute atomic E-state index is 0.191. The maximum Gasteiger partial charge on any atom is 0.233 e. The first-order valence-corrected chi connectivity index (χ1v) is 6.42. The van der Waals surface area contributed by atoms with Crippen LogP contribution in [0.4, 0.5) is 0 Å². The Morgan fingerprint density at radius 2 is 2.35 bits per heavy atom. The van der Waals surface area contributed by atoms with Crippen LogP contribution in [0.3, 0.4) is 0 Å². The summed E-state index contributed by atoms with van der Waals surface area (Å²) in [6.07, 6.45) is 4.15. The van der Waals surface area contributed by atoms with Crippen LogP contribution in [-0.2, 0) is 11.2 Å². The van der Waals surface area contributed by atoms with Crippen molar-refractivity contribution in [3.63, 3.8) is 0 Å². The van der Waals surface area contributed by atoms with Gasteiger partial charge in [0.1, 0.15) is 0 Å². The van der Waals surface area contributed by atoms with Gasteiger partial charge in [-0.1, -0.05) is 18.5 Å². The summed E-state index contributed by atoms with van der Waals surface area (Å²) in [6.45, 7) is 3.63. The molecule has 0 spiro atoms.